The second kappa shape index (κ2) is 6.92. The summed E-state index contributed by atoms with van der Waals surface area (Å²) in [4.78, 5) is 20.5. The number of hydrogen-bond acceptors (Lipinski definition) is 4. The van der Waals surface area contributed by atoms with E-state index in [1.807, 2.05) is 18.2 Å². The van der Waals surface area contributed by atoms with Gasteiger partial charge in [-0.25, -0.2) is 9.97 Å². The molecule has 0 saturated carbocycles. The molecule has 0 bridgehead atoms. The van der Waals surface area contributed by atoms with Crippen LogP contribution >= 0.6 is 31.9 Å². The van der Waals surface area contributed by atoms with Crippen LogP contribution in [-0.2, 0) is 6.42 Å². The van der Waals surface area contributed by atoms with Crippen molar-refractivity contribution in [1.82, 2.24) is 9.97 Å². The third-order valence-electron chi connectivity index (χ3n) is 2.61. The molecule has 1 aromatic carbocycles. The van der Waals surface area contributed by atoms with Gasteiger partial charge in [-0.2, -0.15) is 0 Å². The van der Waals surface area contributed by atoms with Crippen molar-refractivity contribution in [1.29, 1.82) is 0 Å². The number of nitrogens with zero attached hydrogens (tertiary/aromatic N) is 2. The summed E-state index contributed by atoms with van der Waals surface area (Å²) in [6.45, 7) is 0.492. The summed E-state index contributed by atoms with van der Waals surface area (Å²) < 4.78 is 1.06. The van der Waals surface area contributed by atoms with Crippen molar-refractivity contribution < 1.29 is 4.79 Å². The number of nitrogens with one attached hydrogen (secondary N) is 1. The molecule has 0 aliphatic carbocycles. The van der Waals surface area contributed by atoms with E-state index in [9.17, 15) is 4.79 Å². The van der Waals surface area contributed by atoms with Gasteiger partial charge >= 0.3 is 0 Å². The van der Waals surface area contributed by atoms with Gasteiger partial charge in [-0.05, 0) is 56.5 Å². The molecule has 0 unspecified atom stereocenters. The van der Waals surface area contributed by atoms with Crippen LogP contribution in [0.4, 0.5) is 5.82 Å². The largest absolute Gasteiger partial charge is 0.330 e. The highest BCUT2D eigenvalue weighted by atomic mass is 79.9. The summed E-state index contributed by atoms with van der Waals surface area (Å²) in [6, 6.07) is 7.36. The first-order valence-electron chi connectivity index (χ1n) is 5.89. The highest BCUT2D eigenvalue weighted by Crippen LogP contribution is 2.20. The Balaban J connectivity index is 2.24. The lowest BCUT2D eigenvalue weighted by Crippen LogP contribution is -2.17. The first-order chi connectivity index (χ1) is 9.61. The molecule has 0 fully saturated rings. The molecule has 0 spiro atoms. The summed E-state index contributed by atoms with van der Waals surface area (Å²) in [7, 11) is 0. The van der Waals surface area contributed by atoms with Gasteiger partial charge in [0.25, 0.3) is 5.91 Å². The molecule has 0 radical (unpaired) electrons. The molecule has 104 valence electrons. The quantitative estimate of drug-likeness (QED) is 0.828. The second-order valence-corrected chi connectivity index (χ2v) is 5.55. The van der Waals surface area contributed by atoms with E-state index in [0.717, 1.165) is 5.56 Å². The van der Waals surface area contributed by atoms with Crippen molar-refractivity contribution in [3.05, 3.63) is 50.8 Å². The van der Waals surface area contributed by atoms with E-state index in [-0.39, 0.29) is 5.91 Å². The molecular weight excluding hydrogens is 388 g/mol. The molecule has 2 rings (SSSR count). The Hall–Kier alpha value is -1.31. The molecule has 0 saturated heterocycles. The summed E-state index contributed by atoms with van der Waals surface area (Å²) in [5.74, 6) is 0.145. The molecule has 0 aliphatic rings. The highest BCUT2D eigenvalue weighted by Gasteiger charge is 2.13. The normalized spacial score (nSPS) is 10.3. The fraction of sp³-hybridized carbons (Fsp3) is 0.154. The van der Waals surface area contributed by atoms with Crippen LogP contribution < -0.4 is 11.1 Å². The lowest BCUT2D eigenvalue weighted by atomic mass is 10.0. The van der Waals surface area contributed by atoms with Crippen molar-refractivity contribution in [3.8, 4) is 0 Å². The van der Waals surface area contributed by atoms with Gasteiger partial charge in [0.1, 0.15) is 9.21 Å². The zero-order valence-electron chi connectivity index (χ0n) is 10.4. The summed E-state index contributed by atoms with van der Waals surface area (Å²) >= 11 is 6.47. The van der Waals surface area contributed by atoms with E-state index in [4.69, 9.17) is 5.73 Å². The topological polar surface area (TPSA) is 80.9 Å². The van der Waals surface area contributed by atoms with Crippen LogP contribution in [0.5, 0.6) is 0 Å². The van der Waals surface area contributed by atoms with Crippen LogP contribution in [0.3, 0.4) is 0 Å². The van der Waals surface area contributed by atoms with E-state index < -0.39 is 0 Å². The first kappa shape index (κ1) is 15.1. The standard InChI is InChI=1S/C13H12Br2N4O/c14-10-7-17-12(11(15)18-10)19-13(20)9-4-2-1-3-8(9)5-6-16/h1-4,7H,5-6,16H2,(H,17,19,20). The molecule has 20 heavy (non-hydrogen) atoms. The summed E-state index contributed by atoms with van der Waals surface area (Å²) in [6.07, 6.45) is 2.17. The minimum atomic E-state index is -0.230. The Morgan fingerprint density at radius 1 is 1.30 bits per heavy atom. The van der Waals surface area contributed by atoms with Crippen LogP contribution in [0.25, 0.3) is 0 Å². The smallest absolute Gasteiger partial charge is 0.257 e. The number of anilines is 1. The summed E-state index contributed by atoms with van der Waals surface area (Å²) in [5, 5.41) is 2.73. The Kier molecular flexibility index (Phi) is 5.22. The van der Waals surface area contributed by atoms with Gasteiger partial charge in [-0.1, -0.05) is 18.2 Å². The molecule has 1 amide bonds. The monoisotopic (exact) mass is 398 g/mol. The zero-order chi connectivity index (χ0) is 14.5. The number of halogens is 2. The molecule has 5 nitrogen and oxygen atoms in total. The number of carbonyl (C=O) groups is 1. The maximum Gasteiger partial charge on any atom is 0.257 e. The molecule has 1 aromatic heterocycles. The van der Waals surface area contributed by atoms with Crippen molar-refractivity contribution >= 4 is 43.6 Å². The van der Waals surface area contributed by atoms with Crippen LogP contribution in [0.15, 0.2) is 39.7 Å². The average molecular weight is 400 g/mol. The predicted molar refractivity (Wildman–Crippen MR) is 84.6 cm³/mol. The molecule has 1 heterocycles. The van der Waals surface area contributed by atoms with Gasteiger partial charge in [0.05, 0.1) is 6.20 Å². The number of benzene rings is 1. The molecule has 2 aromatic rings. The number of amides is 1. The number of rotatable bonds is 4. The third-order valence-corrected chi connectivity index (χ3v) is 3.54. The van der Waals surface area contributed by atoms with E-state index >= 15 is 0 Å². The maximum atomic E-state index is 12.3. The van der Waals surface area contributed by atoms with E-state index in [0.29, 0.717) is 33.6 Å². The first-order valence-corrected chi connectivity index (χ1v) is 7.47. The Labute approximate surface area is 133 Å². The number of carbonyl (C=O) groups excluding carboxylic acids is 1. The van der Waals surface area contributed by atoms with E-state index in [2.05, 4.69) is 47.1 Å². The predicted octanol–water partition coefficient (Wildman–Crippen LogP) is 2.76. The number of aromatic nitrogens is 2. The minimum Gasteiger partial charge on any atom is -0.330 e. The Morgan fingerprint density at radius 3 is 2.75 bits per heavy atom. The van der Waals surface area contributed by atoms with Crippen molar-refractivity contribution in [2.24, 2.45) is 5.73 Å². The van der Waals surface area contributed by atoms with Gasteiger partial charge in [0.15, 0.2) is 5.82 Å². The van der Waals surface area contributed by atoms with E-state index in [1.165, 1.54) is 6.20 Å². The molecule has 0 aliphatic heterocycles. The fourth-order valence-electron chi connectivity index (χ4n) is 1.72. The molecule has 0 atom stereocenters. The molecule has 3 N–H and O–H groups in total. The maximum absolute atomic E-state index is 12.3. The molecule has 7 heteroatoms. The fourth-order valence-corrected chi connectivity index (χ4v) is 2.63. The van der Waals surface area contributed by atoms with Crippen LogP contribution in [0.2, 0.25) is 0 Å². The number of hydrogen-bond donors (Lipinski definition) is 2. The zero-order valence-corrected chi connectivity index (χ0v) is 13.6. The van der Waals surface area contributed by atoms with E-state index in [1.54, 1.807) is 6.07 Å². The van der Waals surface area contributed by atoms with Gasteiger partial charge in [-0.15, -0.1) is 0 Å². The van der Waals surface area contributed by atoms with Gasteiger partial charge < -0.3 is 11.1 Å². The van der Waals surface area contributed by atoms with Gasteiger partial charge in [0.2, 0.25) is 0 Å². The third kappa shape index (κ3) is 3.62. The lowest BCUT2D eigenvalue weighted by Gasteiger charge is -2.09. The van der Waals surface area contributed by atoms with Crippen molar-refractivity contribution in [2.45, 2.75) is 6.42 Å². The van der Waals surface area contributed by atoms with Gasteiger partial charge in [-0.3, -0.25) is 4.79 Å². The van der Waals surface area contributed by atoms with Crippen molar-refractivity contribution in [2.75, 3.05) is 11.9 Å². The summed E-state index contributed by atoms with van der Waals surface area (Å²) in [5.41, 5.74) is 7.06. The lowest BCUT2D eigenvalue weighted by molar-refractivity contribution is 0.102. The average Bonchev–Trinajstić information content (AvgIpc) is 2.43. The van der Waals surface area contributed by atoms with Crippen LogP contribution in [-0.4, -0.2) is 22.4 Å². The molecular formula is C13H12Br2N4O. The van der Waals surface area contributed by atoms with Gasteiger partial charge in [0, 0.05) is 5.56 Å². The van der Waals surface area contributed by atoms with Crippen LogP contribution in [0.1, 0.15) is 15.9 Å². The Morgan fingerprint density at radius 2 is 2.05 bits per heavy atom. The number of nitrogens with two attached hydrogens (primary N) is 1. The second-order valence-electron chi connectivity index (χ2n) is 3.98. The minimum absolute atomic E-state index is 0.230. The van der Waals surface area contributed by atoms with Crippen molar-refractivity contribution in [3.63, 3.8) is 0 Å². The SMILES string of the molecule is NCCc1ccccc1C(=O)Nc1ncc(Br)nc1Br. The van der Waals surface area contributed by atoms with Crippen LogP contribution in [0, 0.1) is 0 Å². The Bertz CT molecular complexity index is 634. The highest BCUT2D eigenvalue weighted by molar-refractivity contribution is 9.11.